The van der Waals surface area contributed by atoms with Crippen molar-refractivity contribution in [1.29, 1.82) is 0 Å². The molecule has 1 aliphatic heterocycles. The molecule has 0 radical (unpaired) electrons. The second-order valence-electron chi connectivity index (χ2n) is 6.72. The van der Waals surface area contributed by atoms with E-state index in [1.54, 1.807) is 17.0 Å². The van der Waals surface area contributed by atoms with E-state index in [1.165, 1.54) is 13.2 Å². The largest absolute Gasteiger partial charge is 0.496 e. The van der Waals surface area contributed by atoms with Crippen molar-refractivity contribution in [1.82, 2.24) is 10.9 Å². The molecule has 0 aromatic heterocycles. The average molecular weight is 416 g/mol. The number of nitrogens with zero attached hydrogens (tertiary/aromatic N) is 1. The van der Waals surface area contributed by atoms with E-state index in [2.05, 4.69) is 10.9 Å². The van der Waals surface area contributed by atoms with Gasteiger partial charge in [-0.15, -0.1) is 0 Å². The fraction of sp³-hybridized carbons (Fsp3) is 0.286. The van der Waals surface area contributed by atoms with E-state index in [-0.39, 0.29) is 24.4 Å². The minimum atomic E-state index is -0.561. The number of rotatable bonds is 5. The lowest BCUT2D eigenvalue weighted by Gasteiger charge is -2.17. The molecule has 1 saturated heterocycles. The number of nitrogens with one attached hydrogen (secondary N) is 2. The normalized spacial score (nSPS) is 15.9. The summed E-state index contributed by atoms with van der Waals surface area (Å²) in [5.74, 6) is -1.34. The number of hydrogen-bond donors (Lipinski definition) is 2. The number of aryl methyl sites for hydroxylation is 1. The SMILES string of the molecule is CCc1cccc(N2C[C@H](C(=O)NNC(=O)c3cc(Cl)ccc3OC)CC2=O)c1. The molecule has 2 aromatic rings. The Bertz CT molecular complexity index is 947. The molecule has 1 fully saturated rings. The van der Waals surface area contributed by atoms with Crippen LogP contribution in [-0.2, 0) is 16.0 Å². The van der Waals surface area contributed by atoms with Crippen LogP contribution in [0.5, 0.6) is 5.75 Å². The van der Waals surface area contributed by atoms with Crippen LogP contribution in [-0.4, -0.2) is 31.4 Å². The van der Waals surface area contributed by atoms with Crippen LogP contribution in [0.2, 0.25) is 5.02 Å². The lowest BCUT2D eigenvalue weighted by Crippen LogP contribution is -2.45. The Morgan fingerprint density at radius 1 is 1.21 bits per heavy atom. The van der Waals surface area contributed by atoms with Crippen molar-refractivity contribution in [2.24, 2.45) is 5.92 Å². The topological polar surface area (TPSA) is 87.7 Å². The molecule has 0 bridgehead atoms. The summed E-state index contributed by atoms with van der Waals surface area (Å²) in [4.78, 5) is 38.9. The van der Waals surface area contributed by atoms with Gasteiger partial charge < -0.3 is 9.64 Å². The van der Waals surface area contributed by atoms with Crippen LogP contribution in [0.15, 0.2) is 42.5 Å². The van der Waals surface area contributed by atoms with Gasteiger partial charge in [0, 0.05) is 23.7 Å². The Labute approximate surface area is 173 Å². The summed E-state index contributed by atoms with van der Waals surface area (Å²) in [7, 11) is 1.44. The Morgan fingerprint density at radius 2 is 2.00 bits per heavy atom. The number of halogens is 1. The number of amides is 3. The van der Waals surface area contributed by atoms with Gasteiger partial charge in [-0.25, -0.2) is 0 Å². The summed E-state index contributed by atoms with van der Waals surface area (Å²) in [5.41, 5.74) is 6.84. The molecule has 152 valence electrons. The molecule has 0 saturated carbocycles. The Balaban J connectivity index is 1.62. The van der Waals surface area contributed by atoms with Crippen LogP contribution in [0.4, 0.5) is 5.69 Å². The number of ether oxygens (including phenoxy) is 1. The summed E-state index contributed by atoms with van der Waals surface area (Å²) in [6, 6.07) is 12.3. The summed E-state index contributed by atoms with van der Waals surface area (Å²) in [5, 5.41) is 0.369. The van der Waals surface area contributed by atoms with Crippen LogP contribution in [0.3, 0.4) is 0 Å². The molecule has 29 heavy (non-hydrogen) atoms. The van der Waals surface area contributed by atoms with E-state index in [9.17, 15) is 14.4 Å². The highest BCUT2D eigenvalue weighted by molar-refractivity contribution is 6.31. The van der Waals surface area contributed by atoms with Crippen LogP contribution in [0.1, 0.15) is 29.3 Å². The van der Waals surface area contributed by atoms with Gasteiger partial charge >= 0.3 is 0 Å². The smallest absolute Gasteiger partial charge is 0.273 e. The monoisotopic (exact) mass is 415 g/mol. The van der Waals surface area contributed by atoms with Crippen molar-refractivity contribution in [3.8, 4) is 5.75 Å². The number of hydrogen-bond acceptors (Lipinski definition) is 4. The summed E-state index contributed by atoms with van der Waals surface area (Å²) >= 11 is 5.93. The van der Waals surface area contributed by atoms with Gasteiger partial charge in [0.25, 0.3) is 5.91 Å². The maximum absolute atomic E-state index is 12.5. The maximum Gasteiger partial charge on any atom is 0.273 e. The minimum Gasteiger partial charge on any atom is -0.496 e. The van der Waals surface area contributed by atoms with Gasteiger partial charge in [-0.05, 0) is 42.3 Å². The zero-order valence-corrected chi connectivity index (χ0v) is 17.0. The standard InChI is InChI=1S/C21H22ClN3O4/c1-3-13-5-4-6-16(9-13)25-12-14(10-19(25)26)20(27)23-24-21(28)17-11-15(22)7-8-18(17)29-2/h4-9,11,14H,3,10,12H2,1-2H3,(H,23,27)(H,24,28)/t14-/m1/s1. The van der Waals surface area contributed by atoms with Crippen LogP contribution in [0.25, 0.3) is 0 Å². The first-order valence-corrected chi connectivity index (χ1v) is 9.63. The summed E-state index contributed by atoms with van der Waals surface area (Å²) in [6.45, 7) is 2.30. The highest BCUT2D eigenvalue weighted by atomic mass is 35.5. The lowest BCUT2D eigenvalue weighted by atomic mass is 10.1. The van der Waals surface area contributed by atoms with Crippen molar-refractivity contribution in [2.45, 2.75) is 19.8 Å². The van der Waals surface area contributed by atoms with Crippen molar-refractivity contribution in [3.05, 3.63) is 58.6 Å². The second-order valence-corrected chi connectivity index (χ2v) is 7.15. The molecule has 0 spiro atoms. The molecule has 1 heterocycles. The Hall–Kier alpha value is -3.06. The average Bonchev–Trinajstić information content (AvgIpc) is 3.13. The molecule has 8 heteroatoms. The third-order valence-corrected chi connectivity index (χ3v) is 5.07. The van der Waals surface area contributed by atoms with Crippen LogP contribution < -0.4 is 20.5 Å². The number of benzene rings is 2. The van der Waals surface area contributed by atoms with Crippen molar-refractivity contribution in [3.63, 3.8) is 0 Å². The number of hydrazine groups is 1. The molecule has 0 unspecified atom stereocenters. The fourth-order valence-corrected chi connectivity index (χ4v) is 3.39. The molecule has 7 nitrogen and oxygen atoms in total. The number of methoxy groups -OCH3 is 1. The van der Waals surface area contributed by atoms with Crippen molar-refractivity contribution in [2.75, 3.05) is 18.6 Å². The number of carbonyl (C=O) groups is 3. The molecule has 3 rings (SSSR count). The van der Waals surface area contributed by atoms with Crippen molar-refractivity contribution < 1.29 is 19.1 Å². The molecule has 2 N–H and O–H groups in total. The van der Waals surface area contributed by atoms with Crippen LogP contribution >= 0.6 is 11.6 Å². The first-order chi connectivity index (χ1) is 13.9. The third kappa shape index (κ3) is 4.68. The highest BCUT2D eigenvalue weighted by Crippen LogP contribution is 2.26. The Kier molecular flexibility index (Phi) is 6.39. The van der Waals surface area contributed by atoms with E-state index in [4.69, 9.17) is 16.3 Å². The molecule has 1 aliphatic rings. The van der Waals surface area contributed by atoms with E-state index < -0.39 is 17.7 Å². The van der Waals surface area contributed by atoms with E-state index in [0.29, 0.717) is 10.8 Å². The predicted octanol–water partition coefficient (Wildman–Crippen LogP) is 2.73. The molecule has 0 aliphatic carbocycles. The quantitative estimate of drug-likeness (QED) is 0.735. The third-order valence-electron chi connectivity index (χ3n) is 4.83. The van der Waals surface area contributed by atoms with Gasteiger partial charge in [0.05, 0.1) is 18.6 Å². The van der Waals surface area contributed by atoms with Crippen LogP contribution in [0, 0.1) is 5.92 Å². The van der Waals surface area contributed by atoms with Gasteiger partial charge in [0.1, 0.15) is 5.75 Å². The first kappa shape index (κ1) is 20.7. The number of carbonyl (C=O) groups excluding carboxylic acids is 3. The zero-order chi connectivity index (χ0) is 21.0. The van der Waals surface area contributed by atoms with E-state index in [1.807, 2.05) is 31.2 Å². The molecule has 2 aromatic carbocycles. The second kappa shape index (κ2) is 8.96. The van der Waals surface area contributed by atoms with Gasteiger partial charge in [0.15, 0.2) is 0 Å². The Morgan fingerprint density at radius 3 is 2.72 bits per heavy atom. The van der Waals surface area contributed by atoms with Gasteiger partial charge in [-0.2, -0.15) is 0 Å². The van der Waals surface area contributed by atoms with E-state index >= 15 is 0 Å². The van der Waals surface area contributed by atoms with Gasteiger partial charge in [0.2, 0.25) is 11.8 Å². The van der Waals surface area contributed by atoms with Gasteiger partial charge in [-0.3, -0.25) is 25.2 Å². The summed E-state index contributed by atoms with van der Waals surface area (Å²) < 4.78 is 5.14. The first-order valence-electron chi connectivity index (χ1n) is 9.26. The highest BCUT2D eigenvalue weighted by Gasteiger charge is 2.35. The molecule has 1 atom stereocenters. The maximum atomic E-state index is 12.5. The summed E-state index contributed by atoms with van der Waals surface area (Å²) in [6.07, 6.45) is 0.942. The minimum absolute atomic E-state index is 0.0819. The molecular weight excluding hydrogens is 394 g/mol. The number of anilines is 1. The van der Waals surface area contributed by atoms with Gasteiger partial charge in [-0.1, -0.05) is 30.7 Å². The zero-order valence-electron chi connectivity index (χ0n) is 16.2. The fourth-order valence-electron chi connectivity index (χ4n) is 3.22. The molecular formula is C21H22ClN3O4. The van der Waals surface area contributed by atoms with Crippen molar-refractivity contribution >= 4 is 35.0 Å². The lowest BCUT2D eigenvalue weighted by molar-refractivity contribution is -0.126. The van der Waals surface area contributed by atoms with E-state index in [0.717, 1.165) is 17.7 Å². The molecule has 3 amide bonds. The predicted molar refractivity (Wildman–Crippen MR) is 110 cm³/mol.